The SMILES string of the molecule is O=C(Cn1cccn1)N1CCO[C@H](C(=O)N2CCCCCC2)C1. The van der Waals surface area contributed by atoms with Crippen LogP contribution in [-0.4, -0.2) is 70.3 Å². The van der Waals surface area contributed by atoms with Crippen molar-refractivity contribution in [2.75, 3.05) is 32.8 Å². The highest BCUT2D eigenvalue weighted by molar-refractivity contribution is 5.83. The van der Waals surface area contributed by atoms with E-state index in [1.807, 2.05) is 4.90 Å². The van der Waals surface area contributed by atoms with Crippen LogP contribution in [0.2, 0.25) is 0 Å². The largest absolute Gasteiger partial charge is 0.365 e. The van der Waals surface area contributed by atoms with E-state index in [2.05, 4.69) is 5.10 Å². The van der Waals surface area contributed by atoms with E-state index in [1.54, 1.807) is 28.0 Å². The zero-order valence-electron chi connectivity index (χ0n) is 13.4. The van der Waals surface area contributed by atoms with Gasteiger partial charge in [0.05, 0.1) is 13.2 Å². The number of carbonyl (C=O) groups excluding carboxylic acids is 2. The monoisotopic (exact) mass is 320 g/mol. The fraction of sp³-hybridized carbons (Fsp3) is 0.688. The second-order valence-electron chi connectivity index (χ2n) is 6.14. The Balaban J connectivity index is 1.56. The summed E-state index contributed by atoms with van der Waals surface area (Å²) < 4.78 is 7.24. The van der Waals surface area contributed by atoms with Crippen molar-refractivity contribution >= 4 is 11.8 Å². The molecule has 7 nitrogen and oxygen atoms in total. The molecule has 0 bridgehead atoms. The van der Waals surface area contributed by atoms with Crippen molar-refractivity contribution in [1.82, 2.24) is 19.6 Å². The lowest BCUT2D eigenvalue weighted by molar-refractivity contribution is -0.154. The summed E-state index contributed by atoms with van der Waals surface area (Å²) in [7, 11) is 0. The molecule has 0 N–H and O–H groups in total. The smallest absolute Gasteiger partial charge is 0.253 e. The van der Waals surface area contributed by atoms with Crippen LogP contribution in [0.15, 0.2) is 18.5 Å². The summed E-state index contributed by atoms with van der Waals surface area (Å²) in [6, 6.07) is 1.79. The van der Waals surface area contributed by atoms with Gasteiger partial charge in [-0.1, -0.05) is 12.8 Å². The molecule has 1 atom stereocenters. The minimum atomic E-state index is -0.525. The van der Waals surface area contributed by atoms with E-state index in [9.17, 15) is 9.59 Å². The summed E-state index contributed by atoms with van der Waals surface area (Å²) in [5, 5.41) is 4.05. The fourth-order valence-corrected chi connectivity index (χ4v) is 3.15. The maximum atomic E-state index is 12.6. The van der Waals surface area contributed by atoms with Gasteiger partial charge in [-0.25, -0.2) is 0 Å². The minimum Gasteiger partial charge on any atom is -0.365 e. The van der Waals surface area contributed by atoms with Crippen LogP contribution in [0, 0.1) is 0 Å². The number of rotatable bonds is 3. The van der Waals surface area contributed by atoms with Crippen molar-refractivity contribution in [2.24, 2.45) is 0 Å². The number of amides is 2. The highest BCUT2D eigenvalue weighted by Crippen LogP contribution is 2.14. The van der Waals surface area contributed by atoms with E-state index >= 15 is 0 Å². The molecule has 23 heavy (non-hydrogen) atoms. The van der Waals surface area contributed by atoms with E-state index in [0.29, 0.717) is 19.7 Å². The van der Waals surface area contributed by atoms with Crippen molar-refractivity contribution in [3.8, 4) is 0 Å². The molecule has 1 aromatic rings. The Morgan fingerprint density at radius 3 is 2.57 bits per heavy atom. The molecular formula is C16H24N4O3. The molecule has 0 unspecified atom stereocenters. The Morgan fingerprint density at radius 1 is 1.09 bits per heavy atom. The number of morpholine rings is 1. The van der Waals surface area contributed by atoms with E-state index in [4.69, 9.17) is 4.74 Å². The molecule has 7 heteroatoms. The standard InChI is InChI=1S/C16H24N4O3/c21-15(13-20-9-5-6-17-20)19-10-11-23-14(12-19)16(22)18-7-3-1-2-4-8-18/h5-6,9,14H,1-4,7-8,10-13H2/t14-/m0/s1. The number of hydrogen-bond acceptors (Lipinski definition) is 4. The van der Waals surface area contributed by atoms with Crippen LogP contribution in [0.25, 0.3) is 0 Å². The second kappa shape index (κ2) is 7.59. The summed E-state index contributed by atoms with van der Waals surface area (Å²) in [6.45, 7) is 3.10. The minimum absolute atomic E-state index is 0.0225. The van der Waals surface area contributed by atoms with Gasteiger partial charge < -0.3 is 14.5 Å². The van der Waals surface area contributed by atoms with Crippen LogP contribution in [0.4, 0.5) is 0 Å². The number of carbonyl (C=O) groups is 2. The van der Waals surface area contributed by atoms with Gasteiger partial charge in [-0.2, -0.15) is 5.10 Å². The van der Waals surface area contributed by atoms with E-state index in [-0.39, 0.29) is 18.4 Å². The first-order chi connectivity index (χ1) is 11.2. The second-order valence-corrected chi connectivity index (χ2v) is 6.14. The van der Waals surface area contributed by atoms with E-state index in [1.165, 1.54) is 12.8 Å². The fourth-order valence-electron chi connectivity index (χ4n) is 3.15. The Hall–Kier alpha value is -1.89. The molecule has 0 aromatic carbocycles. The van der Waals surface area contributed by atoms with Crippen molar-refractivity contribution in [3.63, 3.8) is 0 Å². The normalized spacial score (nSPS) is 22.7. The van der Waals surface area contributed by atoms with Gasteiger partial charge in [0.1, 0.15) is 6.54 Å². The van der Waals surface area contributed by atoms with Gasteiger partial charge in [0.15, 0.2) is 6.10 Å². The summed E-state index contributed by atoms with van der Waals surface area (Å²) in [4.78, 5) is 28.6. The molecular weight excluding hydrogens is 296 g/mol. The zero-order chi connectivity index (χ0) is 16.1. The highest BCUT2D eigenvalue weighted by atomic mass is 16.5. The van der Waals surface area contributed by atoms with Crippen LogP contribution in [0.5, 0.6) is 0 Å². The van der Waals surface area contributed by atoms with Crippen LogP contribution < -0.4 is 0 Å². The van der Waals surface area contributed by atoms with Crippen LogP contribution in [0.1, 0.15) is 25.7 Å². The van der Waals surface area contributed by atoms with Crippen LogP contribution in [0.3, 0.4) is 0 Å². The Labute approximate surface area is 136 Å². The van der Waals surface area contributed by atoms with Crippen molar-refractivity contribution < 1.29 is 14.3 Å². The quantitative estimate of drug-likeness (QED) is 0.814. The molecule has 0 aliphatic carbocycles. The average Bonchev–Trinajstić information content (AvgIpc) is 2.94. The number of aromatic nitrogens is 2. The van der Waals surface area contributed by atoms with Gasteiger partial charge in [0.2, 0.25) is 5.91 Å². The molecule has 0 saturated carbocycles. The number of hydrogen-bond donors (Lipinski definition) is 0. The molecule has 1 aromatic heterocycles. The molecule has 0 spiro atoms. The average molecular weight is 320 g/mol. The topological polar surface area (TPSA) is 67.7 Å². The molecule has 2 aliphatic heterocycles. The van der Waals surface area contributed by atoms with E-state index in [0.717, 1.165) is 25.9 Å². The lowest BCUT2D eigenvalue weighted by atomic mass is 10.2. The first-order valence-corrected chi connectivity index (χ1v) is 8.39. The van der Waals surface area contributed by atoms with Gasteiger partial charge in [0.25, 0.3) is 5.91 Å². The zero-order valence-corrected chi connectivity index (χ0v) is 13.4. The van der Waals surface area contributed by atoms with Crippen LogP contribution in [-0.2, 0) is 20.9 Å². The Kier molecular flexibility index (Phi) is 5.27. The third-order valence-corrected chi connectivity index (χ3v) is 4.47. The molecule has 3 rings (SSSR count). The third-order valence-electron chi connectivity index (χ3n) is 4.47. The molecule has 2 fully saturated rings. The van der Waals surface area contributed by atoms with E-state index < -0.39 is 6.10 Å². The summed E-state index contributed by atoms with van der Waals surface area (Å²) in [6.07, 6.45) is 7.37. The third kappa shape index (κ3) is 4.10. The number of nitrogens with zero attached hydrogens (tertiary/aromatic N) is 4. The Bertz CT molecular complexity index is 523. The predicted molar refractivity (Wildman–Crippen MR) is 83.6 cm³/mol. The predicted octanol–water partition coefficient (Wildman–Crippen LogP) is 0.513. The molecule has 3 heterocycles. The number of likely N-dealkylation sites (tertiary alicyclic amines) is 1. The van der Waals surface area contributed by atoms with Gasteiger partial charge in [-0.05, 0) is 18.9 Å². The van der Waals surface area contributed by atoms with Gasteiger partial charge >= 0.3 is 0 Å². The Morgan fingerprint density at radius 2 is 1.87 bits per heavy atom. The maximum Gasteiger partial charge on any atom is 0.253 e. The maximum absolute atomic E-state index is 12.6. The lowest BCUT2D eigenvalue weighted by Crippen LogP contribution is -2.53. The first-order valence-electron chi connectivity index (χ1n) is 8.39. The summed E-state index contributed by atoms with van der Waals surface area (Å²) >= 11 is 0. The van der Waals surface area contributed by atoms with Crippen molar-refractivity contribution in [1.29, 1.82) is 0 Å². The van der Waals surface area contributed by atoms with Crippen LogP contribution >= 0.6 is 0 Å². The number of ether oxygens (including phenoxy) is 1. The molecule has 2 amide bonds. The lowest BCUT2D eigenvalue weighted by Gasteiger charge is -2.34. The molecule has 126 valence electrons. The van der Waals surface area contributed by atoms with Crippen molar-refractivity contribution in [2.45, 2.75) is 38.3 Å². The van der Waals surface area contributed by atoms with Gasteiger partial charge in [-0.3, -0.25) is 14.3 Å². The molecule has 2 saturated heterocycles. The molecule has 2 aliphatic rings. The summed E-state index contributed by atoms with van der Waals surface area (Å²) in [5.41, 5.74) is 0. The first kappa shape index (κ1) is 16.0. The van der Waals surface area contributed by atoms with Crippen molar-refractivity contribution in [3.05, 3.63) is 18.5 Å². The summed E-state index contributed by atoms with van der Waals surface area (Å²) in [5.74, 6) is 0.00848. The van der Waals surface area contributed by atoms with Gasteiger partial charge in [-0.15, -0.1) is 0 Å². The highest BCUT2D eigenvalue weighted by Gasteiger charge is 2.32. The molecule has 0 radical (unpaired) electrons. The van der Waals surface area contributed by atoms with Gasteiger partial charge in [0, 0.05) is 32.0 Å².